The van der Waals surface area contributed by atoms with Gasteiger partial charge in [0.05, 0.1) is 0 Å². The first-order chi connectivity index (χ1) is 55.1. The normalized spacial score (nSPS) is 8.25. The first-order valence-electron chi connectivity index (χ1n) is 42.8. The van der Waals surface area contributed by atoms with Gasteiger partial charge in [-0.2, -0.15) is 0 Å². The number of rotatable bonds is 5. The fourth-order valence-electron chi connectivity index (χ4n) is 9.94. The Morgan fingerprint density at radius 3 is 0.422 bits per heavy atom. The van der Waals surface area contributed by atoms with Crippen LogP contribution in [-0.2, 0) is 19.3 Å². The predicted molar refractivity (Wildman–Crippen MR) is 550 cm³/mol. The van der Waals surface area contributed by atoms with Crippen LogP contribution in [0.1, 0.15) is 293 Å². The molecule has 14 aromatic carbocycles. The molecule has 0 amide bonds. The van der Waals surface area contributed by atoms with Gasteiger partial charge in [-0.25, -0.2) is 0 Å². The Morgan fingerprint density at radius 1 is 0.164 bits per heavy atom. The summed E-state index contributed by atoms with van der Waals surface area (Å²) in [5, 5.41) is 7.86. The van der Waals surface area contributed by atoms with Crippen molar-refractivity contribution >= 4 is 32.3 Å². The molecule has 640 valence electrons. The van der Waals surface area contributed by atoms with Gasteiger partial charge in [0.2, 0.25) is 0 Å². The van der Waals surface area contributed by atoms with Crippen molar-refractivity contribution in [2.45, 2.75) is 263 Å². The van der Waals surface area contributed by atoms with E-state index in [2.05, 4.69) is 360 Å². The molecule has 0 heteroatoms. The largest absolute Gasteiger partial charge is 0.0776 e. The van der Waals surface area contributed by atoms with Crippen molar-refractivity contribution in [1.29, 1.82) is 0 Å². The molecule has 0 aliphatic heterocycles. The maximum atomic E-state index is 2.24. The Kier molecular flexibility index (Phi) is 115. The first kappa shape index (κ1) is 129. The van der Waals surface area contributed by atoms with Gasteiger partial charge in [-0.15, -0.1) is 0 Å². The lowest BCUT2D eigenvalue weighted by molar-refractivity contribution is 0.977. The van der Waals surface area contributed by atoms with E-state index >= 15 is 0 Å². The summed E-state index contributed by atoms with van der Waals surface area (Å²) >= 11 is 0. The Hall–Kier alpha value is -10.1. The molecular formula is C116H176. The highest BCUT2D eigenvalue weighted by molar-refractivity contribution is 5.83. The molecule has 0 N–H and O–H groups in total. The lowest BCUT2D eigenvalue weighted by atomic mass is 9.85. The summed E-state index contributed by atoms with van der Waals surface area (Å²) in [5.41, 5.74) is 12.7. The molecule has 0 saturated carbocycles. The fraction of sp³-hybridized carbons (Fsp3) is 0.328. The van der Waals surface area contributed by atoms with Gasteiger partial charge in [0, 0.05) is 5.92 Å². The molecule has 116 heavy (non-hydrogen) atoms. The molecule has 14 aromatic rings. The second kappa shape index (κ2) is 103. The number of hydrogen-bond donors (Lipinski definition) is 0. The molecule has 1 aliphatic rings. The third kappa shape index (κ3) is 59.5. The van der Waals surface area contributed by atoms with Crippen LogP contribution >= 0.6 is 0 Å². The summed E-state index contributed by atoms with van der Waals surface area (Å²) in [6, 6.07) is 133. The van der Waals surface area contributed by atoms with Gasteiger partial charge in [-0.3, -0.25) is 0 Å². The summed E-state index contributed by atoms with van der Waals surface area (Å²) in [7, 11) is 0. The van der Waals surface area contributed by atoms with Crippen molar-refractivity contribution in [3.8, 4) is 0 Å². The molecule has 1 aliphatic carbocycles. The Balaban J connectivity index is -0.000000117. The van der Waals surface area contributed by atoms with E-state index in [1.54, 1.807) is 0 Å². The highest BCUT2D eigenvalue weighted by atomic mass is 14.2. The van der Waals surface area contributed by atoms with Crippen LogP contribution in [-0.4, -0.2) is 0 Å². The van der Waals surface area contributed by atoms with Crippen molar-refractivity contribution in [2.75, 3.05) is 0 Å². The lowest BCUT2D eigenvalue weighted by Crippen LogP contribution is -2.06. The van der Waals surface area contributed by atoms with Crippen LogP contribution in [0.15, 0.2) is 382 Å². The highest BCUT2D eigenvalue weighted by Gasteiger charge is 2.16. The second-order valence-corrected chi connectivity index (χ2v) is 20.6. The van der Waals surface area contributed by atoms with E-state index in [9.17, 15) is 0 Å². The van der Waals surface area contributed by atoms with Crippen LogP contribution in [0.3, 0.4) is 0 Å². The van der Waals surface area contributed by atoms with Crippen LogP contribution in [0.4, 0.5) is 0 Å². The van der Waals surface area contributed by atoms with Gasteiger partial charge in [0.1, 0.15) is 0 Å². The molecule has 0 nitrogen and oxygen atoms in total. The maximum Gasteiger partial charge on any atom is 0.0339 e. The van der Waals surface area contributed by atoms with Crippen LogP contribution in [0.25, 0.3) is 32.3 Å². The molecule has 0 atom stereocenters. The van der Waals surface area contributed by atoms with E-state index in [1.807, 2.05) is 216 Å². The number of hydrogen-bond acceptors (Lipinski definition) is 0. The van der Waals surface area contributed by atoms with Crippen molar-refractivity contribution < 1.29 is 0 Å². The van der Waals surface area contributed by atoms with Crippen LogP contribution in [0.2, 0.25) is 0 Å². The molecule has 0 radical (unpaired) electrons. The zero-order chi connectivity index (χ0) is 84.6. The van der Waals surface area contributed by atoms with Crippen LogP contribution < -0.4 is 0 Å². The van der Waals surface area contributed by atoms with E-state index in [0.29, 0.717) is 5.92 Å². The topological polar surface area (TPSA) is 0 Å². The highest BCUT2D eigenvalue weighted by Crippen LogP contribution is 2.32. The molecule has 0 spiro atoms. The third-order valence-electron chi connectivity index (χ3n) is 14.1. The summed E-state index contributed by atoms with van der Waals surface area (Å²) < 4.78 is 0. The summed E-state index contributed by atoms with van der Waals surface area (Å²) in [4.78, 5) is 0. The first-order valence-corrected chi connectivity index (χ1v) is 42.8. The quantitative estimate of drug-likeness (QED) is 0.151. The van der Waals surface area contributed by atoms with E-state index in [0.717, 1.165) is 19.3 Å². The van der Waals surface area contributed by atoms with Crippen molar-refractivity contribution in [3.63, 3.8) is 0 Å². The van der Waals surface area contributed by atoms with Gasteiger partial charge in [-0.1, -0.05) is 620 Å². The van der Waals surface area contributed by atoms with Crippen molar-refractivity contribution in [2.24, 2.45) is 0 Å². The van der Waals surface area contributed by atoms with Crippen molar-refractivity contribution in [1.82, 2.24) is 0 Å². The minimum absolute atomic E-state index is 0. The SMILES string of the molecule is C.C.C.C.C.CC.CC.CC.CC.CC.CC.CC.CC.CC.CC.CC.CC.CC.CCC.c1ccc(C(c2ccccc2)c2ccccc2)cc1.c1ccc(Cc2ccccc2)cc1.c1ccc2c(c1)Cc1ccccc1C2.c1ccc2ccccc2c1.c1ccc2ccccc2c1.c1ccc2ccccc2c1.c1ccccc1. The zero-order valence-corrected chi connectivity index (χ0v) is 75.3. The van der Waals surface area contributed by atoms with E-state index in [-0.39, 0.29) is 37.1 Å². The van der Waals surface area contributed by atoms with Gasteiger partial charge in [0.25, 0.3) is 0 Å². The summed E-state index contributed by atoms with van der Waals surface area (Å²) in [6.07, 6.45) is 4.49. The molecular weight excluding hydrogens is 1390 g/mol. The lowest BCUT2D eigenvalue weighted by Gasteiger charge is -2.18. The summed E-state index contributed by atoms with van der Waals surface area (Å²) in [5.74, 6) is 0.309. The zero-order valence-electron chi connectivity index (χ0n) is 75.3. The van der Waals surface area contributed by atoms with Crippen LogP contribution in [0.5, 0.6) is 0 Å². The smallest absolute Gasteiger partial charge is 0.0339 e. The van der Waals surface area contributed by atoms with E-state index in [4.69, 9.17) is 0 Å². The average molecular weight is 1570 g/mol. The van der Waals surface area contributed by atoms with E-state index < -0.39 is 0 Å². The van der Waals surface area contributed by atoms with Gasteiger partial charge in [-0.05, 0) is 102 Å². The molecule has 15 rings (SSSR count). The van der Waals surface area contributed by atoms with E-state index in [1.165, 1.54) is 88.8 Å². The Labute approximate surface area is 722 Å². The predicted octanol–water partition coefficient (Wildman–Crippen LogP) is 39.5. The molecule has 0 heterocycles. The standard InChI is InChI=1S/C19H16.C14H12.C13H12.3C10H8.C6H6.C3H8.13C2H6.5CH4/c1-4-10-16(11-5-1)19(17-12-6-2-7-13-17)18-14-8-3-9-15-18;1-2-6-12-10-14-8-4-3-7-13(14)9-11(12)5-1;1-3-7-12(8-4-1)11-13-9-5-2-6-10-13;3*1-2-6-10-8-4-3-7-9(10)5-1;1-2-4-6-5-3-1;1-3-2;13*1-2;;;;;/h1-15,19H;1-8H,9-10H2;1-10H,11H2;3*1-8H;1-6H;3H2,1-2H3;13*1-2H3;5*1H4. The molecule has 0 saturated heterocycles. The Bertz CT molecular complexity index is 3400. The summed E-state index contributed by atoms with van der Waals surface area (Å²) in [6.45, 7) is 56.2. The molecule has 0 unspecified atom stereocenters. The molecule has 0 aromatic heterocycles. The van der Waals surface area contributed by atoms with Crippen LogP contribution in [0, 0.1) is 0 Å². The van der Waals surface area contributed by atoms with Gasteiger partial charge < -0.3 is 0 Å². The van der Waals surface area contributed by atoms with Crippen molar-refractivity contribution in [3.05, 3.63) is 432 Å². The molecule has 0 fully saturated rings. The Morgan fingerprint density at radius 2 is 0.276 bits per heavy atom. The van der Waals surface area contributed by atoms with Gasteiger partial charge in [0.15, 0.2) is 0 Å². The van der Waals surface area contributed by atoms with Gasteiger partial charge >= 0.3 is 0 Å². The minimum atomic E-state index is 0. The average Bonchev–Trinajstić information content (AvgIpc) is 0.813. The fourth-order valence-corrected chi connectivity index (χ4v) is 9.94. The number of benzene rings is 14. The number of fused-ring (bicyclic) bond motifs is 5. The second-order valence-electron chi connectivity index (χ2n) is 20.6. The molecule has 0 bridgehead atoms. The third-order valence-corrected chi connectivity index (χ3v) is 14.1. The monoisotopic (exact) mass is 1570 g/mol. The minimum Gasteiger partial charge on any atom is -0.0776 e. The maximum absolute atomic E-state index is 2.24.